The van der Waals surface area contributed by atoms with E-state index in [0.717, 1.165) is 43.4 Å². The second kappa shape index (κ2) is 10.8. The van der Waals surface area contributed by atoms with Gasteiger partial charge in [-0.05, 0) is 85.8 Å². The van der Waals surface area contributed by atoms with Crippen LogP contribution in [0.3, 0.4) is 0 Å². The number of likely N-dealkylation sites (tertiary alicyclic amines) is 1. The fourth-order valence-electron chi connectivity index (χ4n) is 6.13. The summed E-state index contributed by atoms with van der Waals surface area (Å²) < 4.78 is 24.7. The number of hydrogen-bond acceptors (Lipinski definition) is 6. The van der Waals surface area contributed by atoms with Crippen molar-refractivity contribution in [2.45, 2.75) is 91.0 Å². The molecule has 4 atom stereocenters. The van der Waals surface area contributed by atoms with E-state index in [0.29, 0.717) is 25.4 Å². The summed E-state index contributed by atoms with van der Waals surface area (Å²) in [7, 11) is 0. The Balaban J connectivity index is 1.61. The molecule has 3 aliphatic rings. The third-order valence-electron chi connectivity index (χ3n) is 7.89. The predicted molar refractivity (Wildman–Crippen MR) is 145 cm³/mol. The molecule has 1 aromatic rings. The number of nitrogens with zero attached hydrogens (tertiary/aromatic N) is 1. The molecular formula is C30H44N2O6. The van der Waals surface area contributed by atoms with Crippen LogP contribution in [0.5, 0.6) is 11.5 Å². The number of nitrogens with two attached hydrogens (primary N) is 1. The monoisotopic (exact) mass is 528 g/mol. The summed E-state index contributed by atoms with van der Waals surface area (Å²) in [5.41, 5.74) is 6.39. The number of fused-ring (bicyclic) bond motifs is 3. The summed E-state index contributed by atoms with van der Waals surface area (Å²) in [6.45, 7) is 13.8. The van der Waals surface area contributed by atoms with E-state index in [-0.39, 0.29) is 30.1 Å². The highest BCUT2D eigenvalue weighted by Crippen LogP contribution is 2.56. The molecule has 0 aliphatic carbocycles. The zero-order valence-electron chi connectivity index (χ0n) is 23.8. The number of benzene rings is 1. The van der Waals surface area contributed by atoms with Crippen LogP contribution in [0.2, 0.25) is 0 Å². The van der Waals surface area contributed by atoms with Gasteiger partial charge in [-0.1, -0.05) is 11.6 Å². The van der Waals surface area contributed by atoms with Gasteiger partial charge in [0, 0.05) is 36.1 Å². The number of allylic oxidation sites excluding steroid dienone is 2. The van der Waals surface area contributed by atoms with Crippen LogP contribution in [0.15, 0.2) is 29.8 Å². The number of rotatable bonds is 6. The number of piperidine rings is 1. The first-order valence-electron chi connectivity index (χ1n) is 13.8. The topological polar surface area (TPSA) is 100 Å². The standard InChI is InChI=1S/C30H44N2O6/c1-20(2)9-7-12-29(6)23-16-30(13-8-14-32(18-30)27(34)38-28(3,4)5)19-36-26(23)22-11-10-21(15-24(22)37-29)35-17-25(31)33/h9-11,15,23,26H,7-8,12-14,16-19H2,1-6H3,(H2,31,33)/t23-,26+,29+,30-/m0/s1. The minimum atomic E-state index is -0.527. The Kier molecular flexibility index (Phi) is 8.03. The summed E-state index contributed by atoms with van der Waals surface area (Å²) in [5, 5.41) is 0. The van der Waals surface area contributed by atoms with E-state index in [4.69, 9.17) is 24.7 Å². The third kappa shape index (κ3) is 6.45. The first-order chi connectivity index (χ1) is 17.8. The van der Waals surface area contributed by atoms with Gasteiger partial charge in [0.25, 0.3) is 5.91 Å². The van der Waals surface area contributed by atoms with Crippen molar-refractivity contribution in [3.8, 4) is 11.5 Å². The molecule has 0 bridgehead atoms. The maximum Gasteiger partial charge on any atom is 0.410 e. The fraction of sp³-hybridized carbons (Fsp3) is 0.667. The molecular weight excluding hydrogens is 484 g/mol. The van der Waals surface area contributed by atoms with Crippen LogP contribution < -0.4 is 15.2 Å². The van der Waals surface area contributed by atoms with E-state index in [2.05, 4.69) is 26.8 Å². The van der Waals surface area contributed by atoms with Gasteiger partial charge >= 0.3 is 6.09 Å². The number of carbonyl (C=O) groups is 2. The Bertz CT molecular complexity index is 1070. The molecule has 2 amide bonds. The summed E-state index contributed by atoms with van der Waals surface area (Å²) in [6.07, 6.45) is 6.44. The zero-order valence-corrected chi connectivity index (χ0v) is 23.8. The van der Waals surface area contributed by atoms with Gasteiger partial charge in [-0.15, -0.1) is 0 Å². The highest BCUT2D eigenvalue weighted by Gasteiger charge is 2.55. The molecule has 2 saturated heterocycles. The molecule has 0 aromatic heterocycles. The van der Waals surface area contributed by atoms with Crippen molar-refractivity contribution >= 4 is 12.0 Å². The van der Waals surface area contributed by atoms with Gasteiger partial charge in [-0.3, -0.25) is 4.79 Å². The summed E-state index contributed by atoms with van der Waals surface area (Å²) in [4.78, 5) is 26.0. The van der Waals surface area contributed by atoms with E-state index in [1.165, 1.54) is 5.57 Å². The molecule has 8 nitrogen and oxygen atoms in total. The number of hydrogen-bond donors (Lipinski definition) is 1. The second-order valence-corrected chi connectivity index (χ2v) is 12.7. The van der Waals surface area contributed by atoms with Crippen molar-refractivity contribution in [3.63, 3.8) is 0 Å². The Morgan fingerprint density at radius 2 is 2.03 bits per heavy atom. The molecule has 3 heterocycles. The Labute approximate surface area is 226 Å². The van der Waals surface area contributed by atoms with Crippen molar-refractivity contribution in [2.75, 3.05) is 26.3 Å². The molecule has 210 valence electrons. The lowest BCUT2D eigenvalue weighted by molar-refractivity contribution is -0.180. The molecule has 2 fully saturated rings. The number of amides is 2. The molecule has 3 aliphatic heterocycles. The van der Waals surface area contributed by atoms with E-state index in [9.17, 15) is 9.59 Å². The summed E-state index contributed by atoms with van der Waals surface area (Å²) in [6, 6.07) is 5.66. The summed E-state index contributed by atoms with van der Waals surface area (Å²) >= 11 is 0. The van der Waals surface area contributed by atoms with E-state index in [1.54, 1.807) is 0 Å². The van der Waals surface area contributed by atoms with Crippen molar-refractivity contribution in [3.05, 3.63) is 35.4 Å². The molecule has 0 saturated carbocycles. The predicted octanol–water partition coefficient (Wildman–Crippen LogP) is 5.54. The van der Waals surface area contributed by atoms with Crippen LogP contribution in [0.1, 0.15) is 85.3 Å². The largest absolute Gasteiger partial charge is 0.487 e. The first-order valence-corrected chi connectivity index (χ1v) is 13.8. The third-order valence-corrected chi connectivity index (χ3v) is 7.89. The molecule has 8 heteroatoms. The lowest BCUT2D eigenvalue weighted by Gasteiger charge is -2.55. The SMILES string of the molecule is CC(C)=CCC[C@@]1(C)Oc2cc(OCC(N)=O)ccc2[C@H]2OC[C@@]3(CCCN(C(=O)OC(C)(C)C)C3)C[C@@H]21. The van der Waals surface area contributed by atoms with Crippen LogP contribution in [-0.4, -0.2) is 54.4 Å². The molecule has 0 radical (unpaired) electrons. The van der Waals surface area contributed by atoms with E-state index in [1.807, 2.05) is 43.9 Å². The fourth-order valence-corrected chi connectivity index (χ4v) is 6.13. The maximum absolute atomic E-state index is 12.9. The van der Waals surface area contributed by atoms with Crippen LogP contribution in [-0.2, 0) is 14.3 Å². The maximum atomic E-state index is 12.9. The van der Waals surface area contributed by atoms with Gasteiger partial charge in [0.1, 0.15) is 22.7 Å². The van der Waals surface area contributed by atoms with Crippen molar-refractivity contribution < 1.29 is 28.5 Å². The molecule has 38 heavy (non-hydrogen) atoms. The molecule has 4 rings (SSSR count). The highest BCUT2D eigenvalue weighted by atomic mass is 16.6. The van der Waals surface area contributed by atoms with Gasteiger partial charge in [-0.25, -0.2) is 4.79 Å². The minimum Gasteiger partial charge on any atom is -0.487 e. The summed E-state index contributed by atoms with van der Waals surface area (Å²) in [5.74, 6) is 0.859. The number of carbonyl (C=O) groups excluding carboxylic acids is 2. The molecule has 2 N–H and O–H groups in total. The number of primary amides is 1. The van der Waals surface area contributed by atoms with Crippen molar-refractivity contribution in [1.82, 2.24) is 4.90 Å². The van der Waals surface area contributed by atoms with Gasteiger partial charge in [-0.2, -0.15) is 0 Å². The average Bonchev–Trinajstić information content (AvgIpc) is 2.81. The minimum absolute atomic E-state index is 0.116. The zero-order chi connectivity index (χ0) is 27.7. The van der Waals surface area contributed by atoms with Gasteiger partial charge in [0.05, 0.1) is 12.7 Å². The van der Waals surface area contributed by atoms with E-state index >= 15 is 0 Å². The molecule has 0 unspecified atom stereocenters. The quantitative estimate of drug-likeness (QED) is 0.487. The van der Waals surface area contributed by atoms with Gasteiger partial charge in [0.2, 0.25) is 0 Å². The average molecular weight is 529 g/mol. The number of ether oxygens (including phenoxy) is 4. The second-order valence-electron chi connectivity index (χ2n) is 12.7. The normalized spacial score (nSPS) is 28.5. The van der Waals surface area contributed by atoms with Crippen LogP contribution >= 0.6 is 0 Å². The van der Waals surface area contributed by atoms with Gasteiger partial charge < -0.3 is 29.6 Å². The highest BCUT2D eigenvalue weighted by molar-refractivity contribution is 5.75. The van der Waals surface area contributed by atoms with Crippen LogP contribution in [0.25, 0.3) is 0 Å². The van der Waals surface area contributed by atoms with Gasteiger partial charge in [0.15, 0.2) is 6.61 Å². The molecule has 1 aromatic carbocycles. The van der Waals surface area contributed by atoms with Crippen molar-refractivity contribution in [2.24, 2.45) is 17.1 Å². The first kappa shape index (κ1) is 28.3. The lowest BCUT2D eigenvalue weighted by Crippen LogP contribution is -2.57. The smallest absolute Gasteiger partial charge is 0.410 e. The van der Waals surface area contributed by atoms with Crippen LogP contribution in [0, 0.1) is 11.3 Å². The Morgan fingerprint density at radius 3 is 2.71 bits per heavy atom. The lowest BCUT2D eigenvalue weighted by atomic mass is 9.64. The van der Waals surface area contributed by atoms with Crippen molar-refractivity contribution in [1.29, 1.82) is 0 Å². The van der Waals surface area contributed by atoms with E-state index < -0.39 is 17.1 Å². The Hall–Kier alpha value is -2.74. The Morgan fingerprint density at radius 1 is 1.26 bits per heavy atom. The van der Waals surface area contributed by atoms with Crippen LogP contribution in [0.4, 0.5) is 4.79 Å². The molecule has 1 spiro atoms.